The van der Waals surface area contributed by atoms with Crippen LogP contribution in [0, 0.1) is 25.5 Å². The van der Waals surface area contributed by atoms with Gasteiger partial charge >= 0.3 is 0 Å². The molecule has 0 aliphatic heterocycles. The molecule has 2 rings (SSSR count). The molecule has 2 N–H and O–H groups in total. The number of benzene rings is 1. The van der Waals surface area contributed by atoms with Gasteiger partial charge in [-0.15, -0.1) is 0 Å². The summed E-state index contributed by atoms with van der Waals surface area (Å²) in [6.07, 6.45) is 2.16. The summed E-state index contributed by atoms with van der Waals surface area (Å²) in [6.45, 7) is 3.54. The Hall–Kier alpha value is -1.81. The average Bonchev–Trinajstić information content (AvgIpc) is 2.36. The lowest BCUT2D eigenvalue weighted by molar-refractivity contribution is 0.548. The minimum Gasteiger partial charge on any atom is -0.324 e. The zero-order chi connectivity index (χ0) is 14.0. The van der Waals surface area contributed by atoms with Crippen LogP contribution in [-0.2, 0) is 6.42 Å². The van der Waals surface area contributed by atoms with Crippen LogP contribution in [0.5, 0.6) is 0 Å². The predicted molar refractivity (Wildman–Crippen MR) is 70.7 cm³/mol. The molecule has 4 heteroatoms. The SMILES string of the molecule is Cc1ccc(CC(N)c2cc(C)c(F)cc2F)nc1. The molecule has 0 saturated heterocycles. The van der Waals surface area contributed by atoms with E-state index in [4.69, 9.17) is 5.73 Å². The number of hydrogen-bond donors (Lipinski definition) is 1. The number of halogens is 2. The van der Waals surface area contributed by atoms with Gasteiger partial charge in [-0.3, -0.25) is 4.98 Å². The van der Waals surface area contributed by atoms with Gasteiger partial charge in [-0.1, -0.05) is 6.07 Å². The normalized spacial score (nSPS) is 12.5. The third-order valence-corrected chi connectivity index (χ3v) is 3.08. The summed E-state index contributed by atoms with van der Waals surface area (Å²) in [5.74, 6) is -1.16. The highest BCUT2D eigenvalue weighted by Crippen LogP contribution is 2.21. The zero-order valence-electron chi connectivity index (χ0n) is 11.0. The third-order valence-electron chi connectivity index (χ3n) is 3.08. The van der Waals surface area contributed by atoms with Crippen molar-refractivity contribution in [2.45, 2.75) is 26.3 Å². The molecular weight excluding hydrogens is 246 g/mol. The van der Waals surface area contributed by atoms with E-state index in [1.807, 2.05) is 19.1 Å². The second-order valence-corrected chi connectivity index (χ2v) is 4.76. The van der Waals surface area contributed by atoms with Crippen molar-refractivity contribution < 1.29 is 8.78 Å². The molecule has 1 unspecified atom stereocenters. The van der Waals surface area contributed by atoms with Gasteiger partial charge in [-0.25, -0.2) is 8.78 Å². The van der Waals surface area contributed by atoms with Crippen molar-refractivity contribution in [3.63, 3.8) is 0 Å². The number of rotatable bonds is 3. The minimum absolute atomic E-state index is 0.321. The Balaban J connectivity index is 2.22. The number of nitrogens with two attached hydrogens (primary N) is 1. The Kier molecular flexibility index (Phi) is 3.90. The Morgan fingerprint density at radius 2 is 1.89 bits per heavy atom. The highest BCUT2D eigenvalue weighted by Gasteiger charge is 2.15. The monoisotopic (exact) mass is 262 g/mol. The largest absolute Gasteiger partial charge is 0.324 e. The molecule has 0 aliphatic rings. The number of aromatic nitrogens is 1. The van der Waals surface area contributed by atoms with Crippen molar-refractivity contribution in [1.82, 2.24) is 4.98 Å². The van der Waals surface area contributed by atoms with Crippen LogP contribution < -0.4 is 5.73 Å². The van der Waals surface area contributed by atoms with Gasteiger partial charge in [0.2, 0.25) is 0 Å². The summed E-state index contributed by atoms with van der Waals surface area (Å²) in [5.41, 5.74) is 8.54. The molecule has 100 valence electrons. The molecular formula is C15H16F2N2. The van der Waals surface area contributed by atoms with E-state index >= 15 is 0 Å². The maximum Gasteiger partial charge on any atom is 0.130 e. The molecule has 2 aromatic rings. The van der Waals surface area contributed by atoms with Gasteiger partial charge in [-0.2, -0.15) is 0 Å². The molecule has 0 bridgehead atoms. The molecule has 0 fully saturated rings. The standard InChI is InChI=1S/C15H16F2N2/c1-9-3-4-11(19-8-9)6-15(18)12-5-10(2)13(16)7-14(12)17/h3-5,7-8,15H,6,18H2,1-2H3. The van der Waals surface area contributed by atoms with E-state index < -0.39 is 17.7 Å². The van der Waals surface area contributed by atoms with E-state index in [2.05, 4.69) is 4.98 Å². The van der Waals surface area contributed by atoms with E-state index in [1.54, 1.807) is 13.1 Å². The van der Waals surface area contributed by atoms with Gasteiger partial charge in [0.15, 0.2) is 0 Å². The van der Waals surface area contributed by atoms with E-state index in [-0.39, 0.29) is 0 Å². The van der Waals surface area contributed by atoms with Crippen molar-refractivity contribution in [3.05, 3.63) is 64.5 Å². The maximum absolute atomic E-state index is 13.7. The van der Waals surface area contributed by atoms with E-state index in [0.29, 0.717) is 17.5 Å². The van der Waals surface area contributed by atoms with Crippen LogP contribution >= 0.6 is 0 Å². The van der Waals surface area contributed by atoms with E-state index in [1.165, 1.54) is 6.07 Å². The quantitative estimate of drug-likeness (QED) is 0.922. The molecule has 0 amide bonds. The topological polar surface area (TPSA) is 38.9 Å². The van der Waals surface area contributed by atoms with Crippen molar-refractivity contribution in [1.29, 1.82) is 0 Å². The van der Waals surface area contributed by atoms with Crippen LogP contribution in [0.25, 0.3) is 0 Å². The van der Waals surface area contributed by atoms with Gasteiger partial charge < -0.3 is 5.73 Å². The van der Waals surface area contributed by atoms with Gasteiger partial charge in [0.05, 0.1) is 0 Å². The van der Waals surface area contributed by atoms with Crippen molar-refractivity contribution in [2.24, 2.45) is 5.73 Å². The fraction of sp³-hybridized carbons (Fsp3) is 0.267. The Labute approximate surface area is 111 Å². The summed E-state index contributed by atoms with van der Waals surface area (Å²) in [5, 5.41) is 0. The lowest BCUT2D eigenvalue weighted by atomic mass is 9.99. The van der Waals surface area contributed by atoms with E-state index in [0.717, 1.165) is 17.3 Å². The molecule has 2 nitrogen and oxygen atoms in total. The minimum atomic E-state index is -0.609. The number of nitrogens with zero attached hydrogens (tertiary/aromatic N) is 1. The van der Waals surface area contributed by atoms with Gasteiger partial charge in [0, 0.05) is 36.0 Å². The first-order valence-electron chi connectivity index (χ1n) is 6.10. The van der Waals surface area contributed by atoms with Crippen LogP contribution in [-0.4, -0.2) is 4.98 Å². The molecule has 0 aliphatic carbocycles. The van der Waals surface area contributed by atoms with Gasteiger partial charge in [-0.05, 0) is 37.1 Å². The summed E-state index contributed by atoms with van der Waals surface area (Å²) in [7, 11) is 0. The second-order valence-electron chi connectivity index (χ2n) is 4.76. The van der Waals surface area contributed by atoms with E-state index in [9.17, 15) is 8.78 Å². The fourth-order valence-corrected chi connectivity index (χ4v) is 1.92. The lowest BCUT2D eigenvalue weighted by Gasteiger charge is -2.14. The number of aryl methyl sites for hydroxylation is 2. The molecule has 19 heavy (non-hydrogen) atoms. The summed E-state index contributed by atoms with van der Waals surface area (Å²) in [4.78, 5) is 4.24. The van der Waals surface area contributed by atoms with Crippen LogP contribution in [0.4, 0.5) is 8.78 Å². The second kappa shape index (κ2) is 5.45. The predicted octanol–water partition coefficient (Wildman–Crippen LogP) is 3.22. The van der Waals surface area contributed by atoms with Crippen molar-refractivity contribution in [2.75, 3.05) is 0 Å². The van der Waals surface area contributed by atoms with Crippen molar-refractivity contribution in [3.8, 4) is 0 Å². The summed E-state index contributed by atoms with van der Waals surface area (Å²) < 4.78 is 26.9. The average molecular weight is 262 g/mol. The van der Waals surface area contributed by atoms with Crippen LogP contribution in [0.2, 0.25) is 0 Å². The molecule has 1 aromatic carbocycles. The first kappa shape index (κ1) is 13.6. The molecule has 1 atom stereocenters. The zero-order valence-corrected chi connectivity index (χ0v) is 11.0. The van der Waals surface area contributed by atoms with Crippen LogP contribution in [0.15, 0.2) is 30.5 Å². The Morgan fingerprint density at radius 1 is 1.16 bits per heavy atom. The third kappa shape index (κ3) is 3.15. The van der Waals surface area contributed by atoms with Crippen LogP contribution in [0.1, 0.15) is 28.4 Å². The molecule has 1 aromatic heterocycles. The Bertz CT molecular complexity index is 579. The molecule has 0 spiro atoms. The maximum atomic E-state index is 13.7. The molecule has 0 radical (unpaired) electrons. The highest BCUT2D eigenvalue weighted by atomic mass is 19.1. The smallest absolute Gasteiger partial charge is 0.130 e. The Morgan fingerprint density at radius 3 is 2.53 bits per heavy atom. The first-order chi connectivity index (χ1) is 8.97. The molecule has 1 heterocycles. The molecule has 0 saturated carbocycles. The van der Waals surface area contributed by atoms with Crippen molar-refractivity contribution >= 4 is 0 Å². The number of hydrogen-bond acceptors (Lipinski definition) is 2. The summed E-state index contributed by atoms with van der Waals surface area (Å²) in [6, 6.07) is 5.61. The fourth-order valence-electron chi connectivity index (χ4n) is 1.92. The summed E-state index contributed by atoms with van der Waals surface area (Å²) >= 11 is 0. The number of pyridine rings is 1. The lowest BCUT2D eigenvalue weighted by Crippen LogP contribution is -2.16. The highest BCUT2D eigenvalue weighted by molar-refractivity contribution is 5.29. The first-order valence-corrected chi connectivity index (χ1v) is 6.10. The van der Waals surface area contributed by atoms with Gasteiger partial charge in [0.1, 0.15) is 11.6 Å². The van der Waals surface area contributed by atoms with Gasteiger partial charge in [0.25, 0.3) is 0 Å². The van der Waals surface area contributed by atoms with Crippen LogP contribution in [0.3, 0.4) is 0 Å².